The summed E-state index contributed by atoms with van der Waals surface area (Å²) < 4.78 is 16.3. The summed E-state index contributed by atoms with van der Waals surface area (Å²) in [6.07, 6.45) is 0.804. The monoisotopic (exact) mass is 534 g/mol. The number of benzene rings is 1. The Kier molecular flexibility index (Phi) is 11.7. The van der Waals surface area contributed by atoms with Crippen LogP contribution < -0.4 is 19.5 Å². The topological polar surface area (TPSA) is 68.2 Å². The first-order valence-electron chi connectivity index (χ1n) is 9.32. The number of halogens is 1. The van der Waals surface area contributed by atoms with Crippen molar-refractivity contribution in [2.45, 2.75) is 26.8 Å². The summed E-state index contributed by atoms with van der Waals surface area (Å²) in [5.41, 5.74) is 1.06. The average molecular weight is 534 g/mol. The van der Waals surface area contributed by atoms with Crippen molar-refractivity contribution >= 4 is 41.3 Å². The van der Waals surface area contributed by atoms with E-state index >= 15 is 0 Å². The molecule has 29 heavy (non-hydrogen) atoms. The van der Waals surface area contributed by atoms with Crippen molar-refractivity contribution in [3.05, 3.63) is 34.3 Å². The van der Waals surface area contributed by atoms with E-state index in [0.717, 1.165) is 41.9 Å². The lowest BCUT2D eigenvalue weighted by atomic mass is 10.3. The van der Waals surface area contributed by atoms with E-state index < -0.39 is 0 Å². The minimum Gasteiger partial charge on any atom is -0.496 e. The summed E-state index contributed by atoms with van der Waals surface area (Å²) in [5.74, 6) is 3.01. The predicted molar refractivity (Wildman–Crippen MR) is 129 cm³/mol. The fourth-order valence-corrected chi connectivity index (χ4v) is 3.18. The van der Waals surface area contributed by atoms with Gasteiger partial charge in [-0.3, -0.25) is 4.99 Å². The molecule has 1 heterocycles. The Morgan fingerprint density at radius 3 is 2.38 bits per heavy atom. The highest BCUT2D eigenvalue weighted by molar-refractivity contribution is 14.0. The van der Waals surface area contributed by atoms with E-state index in [1.54, 1.807) is 25.6 Å². The average Bonchev–Trinajstić information content (AvgIpc) is 3.10. The van der Waals surface area contributed by atoms with Crippen LogP contribution in [-0.2, 0) is 6.54 Å². The van der Waals surface area contributed by atoms with Gasteiger partial charge in [0.05, 0.1) is 38.1 Å². The third kappa shape index (κ3) is 8.65. The lowest BCUT2D eigenvalue weighted by Gasteiger charge is -2.21. The molecular formula is C20H31IN4O3S. The molecule has 7 nitrogen and oxygen atoms in total. The van der Waals surface area contributed by atoms with Crippen molar-refractivity contribution < 1.29 is 14.2 Å². The van der Waals surface area contributed by atoms with Gasteiger partial charge in [0, 0.05) is 50.1 Å². The Morgan fingerprint density at radius 2 is 1.83 bits per heavy atom. The van der Waals surface area contributed by atoms with Gasteiger partial charge in [-0.05, 0) is 13.8 Å². The molecule has 0 amide bonds. The van der Waals surface area contributed by atoms with Crippen LogP contribution in [0.25, 0.3) is 0 Å². The molecule has 162 valence electrons. The van der Waals surface area contributed by atoms with Crippen LogP contribution in [-0.4, -0.2) is 56.8 Å². The number of hydrogen-bond acceptors (Lipinski definition) is 6. The van der Waals surface area contributed by atoms with Crippen molar-refractivity contribution in [1.82, 2.24) is 15.2 Å². The van der Waals surface area contributed by atoms with Crippen LogP contribution in [0.1, 0.15) is 24.0 Å². The number of aromatic nitrogens is 1. The molecule has 0 aliphatic carbocycles. The molecule has 2 rings (SSSR count). The van der Waals surface area contributed by atoms with Gasteiger partial charge >= 0.3 is 0 Å². The predicted octanol–water partition coefficient (Wildman–Crippen LogP) is 3.95. The number of ether oxygens (including phenoxy) is 3. The molecule has 0 unspecified atom stereocenters. The maximum atomic E-state index is 5.82. The Hall–Kier alpha value is -1.75. The van der Waals surface area contributed by atoms with Crippen molar-refractivity contribution in [2.24, 2.45) is 4.99 Å². The number of rotatable bonds is 10. The number of nitrogens with zero attached hydrogens (tertiary/aromatic N) is 3. The van der Waals surface area contributed by atoms with E-state index in [-0.39, 0.29) is 24.0 Å². The van der Waals surface area contributed by atoms with E-state index in [9.17, 15) is 0 Å². The van der Waals surface area contributed by atoms with Gasteiger partial charge in [-0.25, -0.2) is 4.98 Å². The molecule has 0 saturated carbocycles. The molecule has 0 aliphatic rings. The first-order chi connectivity index (χ1) is 13.5. The molecule has 1 aromatic carbocycles. The third-order valence-electron chi connectivity index (χ3n) is 3.92. The number of thiazole rings is 1. The Bertz CT molecular complexity index is 748. The van der Waals surface area contributed by atoms with E-state index in [4.69, 9.17) is 19.2 Å². The molecular weight excluding hydrogens is 503 g/mol. The number of aryl methyl sites for hydroxylation is 1. The summed E-state index contributed by atoms with van der Waals surface area (Å²) in [7, 11) is 5.27. The summed E-state index contributed by atoms with van der Waals surface area (Å²) in [6, 6.07) is 5.51. The number of guanidine groups is 1. The molecule has 0 atom stereocenters. The van der Waals surface area contributed by atoms with Gasteiger partial charge in [-0.2, -0.15) is 0 Å². The Labute approximate surface area is 194 Å². The van der Waals surface area contributed by atoms with Crippen molar-refractivity contribution in [3.8, 4) is 17.2 Å². The molecule has 0 fully saturated rings. The lowest BCUT2D eigenvalue weighted by Crippen LogP contribution is -2.38. The van der Waals surface area contributed by atoms with Crippen LogP contribution >= 0.6 is 35.3 Å². The second kappa shape index (κ2) is 13.5. The molecule has 0 spiro atoms. The summed E-state index contributed by atoms with van der Waals surface area (Å²) >= 11 is 1.67. The van der Waals surface area contributed by atoms with Crippen LogP contribution in [0.5, 0.6) is 17.2 Å². The van der Waals surface area contributed by atoms with Crippen molar-refractivity contribution in [1.29, 1.82) is 0 Å². The molecule has 0 saturated heterocycles. The fourth-order valence-electron chi connectivity index (χ4n) is 2.57. The quantitative estimate of drug-likeness (QED) is 0.216. The molecule has 0 aliphatic heterocycles. The second-order valence-electron chi connectivity index (χ2n) is 6.20. The normalized spacial score (nSPS) is 10.9. The smallest absolute Gasteiger partial charge is 0.194 e. The van der Waals surface area contributed by atoms with Gasteiger partial charge < -0.3 is 24.4 Å². The van der Waals surface area contributed by atoms with Crippen LogP contribution in [0.15, 0.2) is 28.6 Å². The van der Waals surface area contributed by atoms with E-state index in [1.807, 2.05) is 32.2 Å². The molecule has 0 bridgehead atoms. The maximum absolute atomic E-state index is 5.82. The van der Waals surface area contributed by atoms with Crippen LogP contribution in [0.2, 0.25) is 0 Å². The first-order valence-corrected chi connectivity index (χ1v) is 10.2. The van der Waals surface area contributed by atoms with Gasteiger partial charge in [0.15, 0.2) is 5.96 Å². The highest BCUT2D eigenvalue weighted by atomic mass is 127. The van der Waals surface area contributed by atoms with Crippen LogP contribution in [0.4, 0.5) is 0 Å². The SMILES string of the molecule is CCNC(=NCCCOc1cc(OC)cc(OC)c1)N(C)Cc1csc(C)n1.I. The highest BCUT2D eigenvalue weighted by Crippen LogP contribution is 2.27. The zero-order chi connectivity index (χ0) is 20.4. The minimum atomic E-state index is 0. The van der Waals surface area contributed by atoms with Gasteiger partial charge in [0.2, 0.25) is 0 Å². The Morgan fingerprint density at radius 1 is 1.17 bits per heavy atom. The van der Waals surface area contributed by atoms with E-state index in [1.165, 1.54) is 0 Å². The van der Waals surface area contributed by atoms with Crippen LogP contribution in [0, 0.1) is 6.92 Å². The zero-order valence-corrected chi connectivity index (χ0v) is 20.9. The number of aliphatic imine (C=N–C) groups is 1. The van der Waals surface area contributed by atoms with Gasteiger partial charge in [0.1, 0.15) is 17.2 Å². The van der Waals surface area contributed by atoms with E-state index in [0.29, 0.717) is 24.7 Å². The fraction of sp³-hybridized carbons (Fsp3) is 0.500. The molecule has 0 radical (unpaired) electrons. The van der Waals surface area contributed by atoms with Crippen molar-refractivity contribution in [2.75, 3.05) is 41.0 Å². The zero-order valence-electron chi connectivity index (χ0n) is 17.7. The summed E-state index contributed by atoms with van der Waals surface area (Å²) in [5, 5.41) is 6.50. The second-order valence-corrected chi connectivity index (χ2v) is 7.26. The summed E-state index contributed by atoms with van der Waals surface area (Å²) in [6.45, 7) is 6.87. The number of methoxy groups -OCH3 is 2. The molecule has 2 aromatic rings. The van der Waals surface area contributed by atoms with E-state index in [2.05, 4.69) is 27.5 Å². The number of nitrogens with one attached hydrogen (secondary N) is 1. The lowest BCUT2D eigenvalue weighted by molar-refractivity contribution is 0.307. The molecule has 1 aromatic heterocycles. The van der Waals surface area contributed by atoms with Crippen molar-refractivity contribution in [3.63, 3.8) is 0 Å². The first kappa shape index (κ1) is 25.3. The van der Waals surface area contributed by atoms with Crippen LogP contribution in [0.3, 0.4) is 0 Å². The third-order valence-corrected chi connectivity index (χ3v) is 4.74. The minimum absolute atomic E-state index is 0. The Balaban J connectivity index is 0.00000420. The van der Waals surface area contributed by atoms with Gasteiger partial charge in [-0.1, -0.05) is 0 Å². The van der Waals surface area contributed by atoms with Gasteiger partial charge in [0.25, 0.3) is 0 Å². The number of hydrogen-bond donors (Lipinski definition) is 1. The molecule has 9 heteroatoms. The standard InChI is InChI=1S/C20H30N4O3S.HI/c1-6-21-20(24(3)13-16-14-28-15(2)23-16)22-8-7-9-27-19-11-17(25-4)10-18(12-19)26-5;/h10-12,14H,6-9,13H2,1-5H3,(H,21,22);1H. The van der Waals surface area contributed by atoms with Gasteiger partial charge in [-0.15, -0.1) is 35.3 Å². The maximum Gasteiger partial charge on any atom is 0.194 e. The summed E-state index contributed by atoms with van der Waals surface area (Å²) in [4.78, 5) is 11.3. The largest absolute Gasteiger partial charge is 0.496 e. The highest BCUT2D eigenvalue weighted by Gasteiger charge is 2.08. The molecule has 1 N–H and O–H groups in total.